The minimum atomic E-state index is -5.69. The molecule has 0 aliphatic heterocycles. The Labute approximate surface area is 153 Å². The van der Waals surface area contributed by atoms with Crippen LogP contribution in [0.5, 0.6) is 0 Å². The van der Waals surface area contributed by atoms with Gasteiger partial charge in [-0.1, -0.05) is 48.5 Å². The van der Waals surface area contributed by atoms with E-state index in [1.54, 1.807) is 62.4 Å². The van der Waals surface area contributed by atoms with E-state index in [1.807, 2.05) is 0 Å². The van der Waals surface area contributed by atoms with Gasteiger partial charge in [0.2, 0.25) is 0 Å². The molecule has 0 N–H and O–H groups in total. The van der Waals surface area contributed by atoms with Gasteiger partial charge in [-0.3, -0.25) is 0 Å². The molecule has 3 aromatic rings. The lowest BCUT2D eigenvalue weighted by Gasteiger charge is -2.21. The fraction of sp³-hybridized carbons (Fsp3) is 0.190. The van der Waals surface area contributed by atoms with Crippen molar-refractivity contribution in [1.29, 1.82) is 0 Å². The molecular weight excluding hydrogens is 361 g/mol. The first-order valence-electron chi connectivity index (χ1n) is 8.20. The number of benzene rings is 2. The van der Waals surface area contributed by atoms with Gasteiger partial charge in [-0.15, -0.1) is 0 Å². The van der Waals surface area contributed by atoms with Crippen molar-refractivity contribution in [3.05, 3.63) is 77.4 Å². The third-order valence-corrected chi connectivity index (χ3v) is 4.39. The molecule has 0 aliphatic rings. The Morgan fingerprint density at radius 1 is 0.667 bits per heavy atom. The predicted octanol–water partition coefficient (Wildman–Crippen LogP) is 6.69. The Morgan fingerprint density at radius 2 is 1.07 bits per heavy atom. The van der Waals surface area contributed by atoms with Crippen molar-refractivity contribution in [2.75, 3.05) is 0 Å². The minimum Gasteiger partial charge on any atom is -0.248 e. The van der Waals surface area contributed by atoms with Gasteiger partial charge in [-0.2, -0.15) is 22.0 Å². The van der Waals surface area contributed by atoms with Crippen LogP contribution in [0.1, 0.15) is 16.7 Å². The van der Waals surface area contributed by atoms with E-state index in [4.69, 9.17) is 0 Å². The van der Waals surface area contributed by atoms with Gasteiger partial charge in [-0.05, 0) is 37.1 Å². The van der Waals surface area contributed by atoms with Crippen LogP contribution in [0.2, 0.25) is 0 Å². The smallest absolute Gasteiger partial charge is 0.248 e. The topological polar surface area (TPSA) is 12.9 Å². The lowest BCUT2D eigenvalue weighted by molar-refractivity contribution is -0.289. The third-order valence-electron chi connectivity index (χ3n) is 4.39. The summed E-state index contributed by atoms with van der Waals surface area (Å²) in [6, 6.07) is 15.3. The van der Waals surface area contributed by atoms with E-state index in [0.29, 0.717) is 11.1 Å². The number of hydrogen-bond donors (Lipinski definition) is 0. The Morgan fingerprint density at radius 3 is 1.44 bits per heavy atom. The average Bonchev–Trinajstić information content (AvgIpc) is 2.61. The largest absolute Gasteiger partial charge is 0.458 e. The van der Waals surface area contributed by atoms with Gasteiger partial charge < -0.3 is 0 Å². The highest BCUT2D eigenvalue weighted by Crippen LogP contribution is 2.45. The van der Waals surface area contributed by atoms with Crippen LogP contribution < -0.4 is 0 Å². The molecule has 27 heavy (non-hydrogen) atoms. The van der Waals surface area contributed by atoms with Crippen molar-refractivity contribution in [3.8, 4) is 22.5 Å². The number of nitrogens with zero attached hydrogens (tertiary/aromatic N) is 1. The van der Waals surface area contributed by atoms with Crippen molar-refractivity contribution in [2.24, 2.45) is 0 Å². The summed E-state index contributed by atoms with van der Waals surface area (Å²) >= 11 is 0. The van der Waals surface area contributed by atoms with Crippen molar-refractivity contribution < 1.29 is 22.0 Å². The summed E-state index contributed by atoms with van der Waals surface area (Å²) in [5.74, 6) is -4.98. The monoisotopic (exact) mass is 377 g/mol. The number of halogens is 5. The van der Waals surface area contributed by atoms with Crippen LogP contribution in [0.4, 0.5) is 22.0 Å². The molecule has 3 rings (SSSR count). The molecule has 6 heteroatoms. The number of rotatable bonds is 3. The summed E-state index contributed by atoms with van der Waals surface area (Å²) in [6.45, 7) is 3.50. The van der Waals surface area contributed by atoms with Gasteiger partial charge in [0.05, 0.1) is 11.4 Å². The van der Waals surface area contributed by atoms with Crippen LogP contribution in [0.25, 0.3) is 22.5 Å². The first kappa shape index (κ1) is 19.0. The van der Waals surface area contributed by atoms with E-state index in [2.05, 4.69) is 4.98 Å². The lowest BCUT2D eigenvalue weighted by atomic mass is 9.97. The van der Waals surface area contributed by atoms with Gasteiger partial charge in [-0.25, -0.2) is 4.98 Å². The SMILES string of the molecule is Cc1ccccc1-c1cc(C(F)(F)C(F)(F)F)cc(-c2ccccc2C)n1. The molecule has 0 fully saturated rings. The Bertz CT molecular complexity index is 913. The summed E-state index contributed by atoms with van der Waals surface area (Å²) in [6.07, 6.45) is -5.69. The summed E-state index contributed by atoms with van der Waals surface area (Å²) in [5.41, 5.74) is 1.50. The van der Waals surface area contributed by atoms with Crippen LogP contribution in [0.15, 0.2) is 60.7 Å². The molecule has 0 amide bonds. The van der Waals surface area contributed by atoms with E-state index < -0.39 is 17.7 Å². The summed E-state index contributed by atoms with van der Waals surface area (Å²) < 4.78 is 67.1. The highest BCUT2D eigenvalue weighted by molar-refractivity contribution is 5.71. The predicted molar refractivity (Wildman–Crippen MR) is 94.5 cm³/mol. The number of pyridine rings is 1. The van der Waals surface area contributed by atoms with Crippen LogP contribution in [-0.4, -0.2) is 11.2 Å². The zero-order valence-electron chi connectivity index (χ0n) is 14.6. The maximum atomic E-state index is 14.1. The summed E-state index contributed by atoms with van der Waals surface area (Å²) in [5, 5.41) is 0. The van der Waals surface area contributed by atoms with Crippen LogP contribution in [0, 0.1) is 13.8 Å². The number of aryl methyl sites for hydroxylation is 2. The van der Waals surface area contributed by atoms with Crippen LogP contribution in [-0.2, 0) is 5.92 Å². The molecular formula is C21H16F5N. The van der Waals surface area contributed by atoms with Gasteiger partial charge >= 0.3 is 12.1 Å². The Balaban J connectivity index is 2.30. The lowest BCUT2D eigenvalue weighted by Crippen LogP contribution is -2.33. The normalized spacial score (nSPS) is 12.3. The molecule has 0 atom stereocenters. The minimum absolute atomic E-state index is 0.0766. The number of hydrogen-bond acceptors (Lipinski definition) is 1. The van der Waals surface area contributed by atoms with E-state index in [-0.39, 0.29) is 11.4 Å². The zero-order valence-corrected chi connectivity index (χ0v) is 14.6. The van der Waals surface area contributed by atoms with Crippen LogP contribution >= 0.6 is 0 Å². The highest BCUT2D eigenvalue weighted by atomic mass is 19.4. The second-order valence-electron chi connectivity index (χ2n) is 6.33. The molecule has 0 aliphatic carbocycles. The molecule has 140 valence electrons. The van der Waals surface area contributed by atoms with E-state index in [0.717, 1.165) is 23.3 Å². The fourth-order valence-electron chi connectivity index (χ4n) is 2.87. The number of alkyl halides is 5. The molecule has 0 saturated heterocycles. The van der Waals surface area contributed by atoms with E-state index in [9.17, 15) is 22.0 Å². The molecule has 2 aromatic carbocycles. The standard InChI is InChI=1S/C21H16F5N/c1-13-7-3-5-9-16(13)18-11-15(20(22,23)21(24,25)26)12-19(27-18)17-10-6-4-8-14(17)2/h3-12H,1-2H3. The molecule has 1 aromatic heterocycles. The third kappa shape index (κ3) is 3.56. The second kappa shape index (κ2) is 6.76. The molecule has 1 nitrogen and oxygen atoms in total. The van der Waals surface area contributed by atoms with Gasteiger partial charge in [0.25, 0.3) is 0 Å². The molecule has 1 heterocycles. The maximum Gasteiger partial charge on any atom is 0.458 e. The van der Waals surface area contributed by atoms with Gasteiger partial charge in [0.1, 0.15) is 0 Å². The first-order chi connectivity index (χ1) is 12.6. The van der Waals surface area contributed by atoms with Crippen molar-refractivity contribution >= 4 is 0 Å². The summed E-state index contributed by atoms with van der Waals surface area (Å²) in [7, 11) is 0. The van der Waals surface area contributed by atoms with Crippen molar-refractivity contribution in [1.82, 2.24) is 4.98 Å². The zero-order chi connectivity index (χ0) is 19.8. The Hall–Kier alpha value is -2.76. The van der Waals surface area contributed by atoms with Crippen LogP contribution in [0.3, 0.4) is 0 Å². The maximum absolute atomic E-state index is 14.1. The Kier molecular flexibility index (Phi) is 4.76. The van der Waals surface area contributed by atoms with Gasteiger partial charge in [0.15, 0.2) is 0 Å². The molecule has 0 bridgehead atoms. The molecule has 0 saturated carbocycles. The quantitative estimate of drug-likeness (QED) is 0.464. The summed E-state index contributed by atoms with van der Waals surface area (Å²) in [4.78, 5) is 4.39. The fourth-order valence-corrected chi connectivity index (χ4v) is 2.87. The molecule has 0 unspecified atom stereocenters. The molecule has 0 spiro atoms. The first-order valence-corrected chi connectivity index (χ1v) is 8.20. The highest BCUT2D eigenvalue weighted by Gasteiger charge is 2.59. The number of aromatic nitrogens is 1. The van der Waals surface area contributed by atoms with Crippen molar-refractivity contribution in [3.63, 3.8) is 0 Å². The van der Waals surface area contributed by atoms with E-state index >= 15 is 0 Å². The second-order valence-corrected chi connectivity index (χ2v) is 6.33. The average molecular weight is 377 g/mol. The van der Waals surface area contributed by atoms with E-state index in [1.165, 1.54) is 0 Å². The van der Waals surface area contributed by atoms with Crippen molar-refractivity contribution in [2.45, 2.75) is 25.9 Å². The van der Waals surface area contributed by atoms with Gasteiger partial charge in [0, 0.05) is 16.7 Å². The molecule has 0 radical (unpaired) electrons.